The average Bonchev–Trinajstić information content (AvgIpc) is 2.08. The standard InChI is InChI=1S/C7H11NO5/c9-2-4-1-6(10)5(3-13-4)8-7(11)12/h4-5,8-9H,1-3H2,(H,11,12)/t4-,5-/m0/s1. The van der Waals surface area contributed by atoms with Crippen LogP contribution in [0.3, 0.4) is 0 Å². The van der Waals surface area contributed by atoms with E-state index in [2.05, 4.69) is 0 Å². The second-order valence-electron chi connectivity index (χ2n) is 2.81. The van der Waals surface area contributed by atoms with E-state index in [1.807, 2.05) is 5.32 Å². The van der Waals surface area contributed by atoms with Gasteiger partial charge in [-0.1, -0.05) is 0 Å². The first-order valence-electron chi connectivity index (χ1n) is 3.88. The molecular formula is C7H11NO5. The van der Waals surface area contributed by atoms with E-state index in [-0.39, 0.29) is 25.4 Å². The Morgan fingerprint density at radius 3 is 2.85 bits per heavy atom. The third-order valence-electron chi connectivity index (χ3n) is 1.82. The lowest BCUT2D eigenvalue weighted by Gasteiger charge is -2.26. The molecule has 1 heterocycles. The number of ketones is 1. The van der Waals surface area contributed by atoms with E-state index in [1.54, 1.807) is 0 Å². The van der Waals surface area contributed by atoms with Crippen LogP contribution in [0.15, 0.2) is 0 Å². The summed E-state index contributed by atoms with van der Waals surface area (Å²) in [5.41, 5.74) is 0. The van der Waals surface area contributed by atoms with Crippen LogP contribution >= 0.6 is 0 Å². The van der Waals surface area contributed by atoms with Crippen molar-refractivity contribution in [3.05, 3.63) is 0 Å². The molecule has 1 saturated heterocycles. The van der Waals surface area contributed by atoms with Crippen LogP contribution in [0, 0.1) is 0 Å². The lowest BCUT2D eigenvalue weighted by atomic mass is 10.0. The number of rotatable bonds is 2. The van der Waals surface area contributed by atoms with Gasteiger partial charge in [0.15, 0.2) is 5.78 Å². The van der Waals surface area contributed by atoms with Crippen LogP contribution in [0.1, 0.15) is 6.42 Å². The lowest BCUT2D eigenvalue weighted by molar-refractivity contribution is -0.133. The van der Waals surface area contributed by atoms with Crippen LogP contribution < -0.4 is 5.32 Å². The summed E-state index contributed by atoms with van der Waals surface area (Å²) in [6, 6.07) is -0.791. The van der Waals surface area contributed by atoms with Crippen molar-refractivity contribution in [3.8, 4) is 0 Å². The number of carbonyl (C=O) groups is 2. The molecule has 0 aromatic rings. The van der Waals surface area contributed by atoms with Gasteiger partial charge in [0.1, 0.15) is 6.04 Å². The number of amides is 1. The predicted octanol–water partition coefficient (Wildman–Crippen LogP) is -1.03. The minimum Gasteiger partial charge on any atom is -0.465 e. The van der Waals surface area contributed by atoms with Gasteiger partial charge in [-0.25, -0.2) is 4.79 Å². The maximum absolute atomic E-state index is 11.2. The lowest BCUT2D eigenvalue weighted by Crippen LogP contribution is -2.49. The van der Waals surface area contributed by atoms with E-state index in [0.717, 1.165) is 0 Å². The molecule has 1 fully saturated rings. The molecule has 2 atom stereocenters. The fraction of sp³-hybridized carbons (Fsp3) is 0.714. The molecule has 6 nitrogen and oxygen atoms in total. The quantitative estimate of drug-likeness (QED) is 0.516. The Kier molecular flexibility index (Phi) is 3.21. The van der Waals surface area contributed by atoms with Crippen molar-refractivity contribution in [2.45, 2.75) is 18.6 Å². The molecule has 0 radical (unpaired) electrons. The molecule has 1 aliphatic heterocycles. The van der Waals surface area contributed by atoms with E-state index in [4.69, 9.17) is 14.9 Å². The van der Waals surface area contributed by atoms with Crippen molar-refractivity contribution in [2.24, 2.45) is 0 Å². The largest absolute Gasteiger partial charge is 0.465 e. The van der Waals surface area contributed by atoms with Gasteiger partial charge in [-0.05, 0) is 0 Å². The Bertz CT molecular complexity index is 217. The highest BCUT2D eigenvalue weighted by Crippen LogP contribution is 2.09. The summed E-state index contributed by atoms with van der Waals surface area (Å²) >= 11 is 0. The Morgan fingerprint density at radius 2 is 2.38 bits per heavy atom. The number of hydrogen-bond acceptors (Lipinski definition) is 4. The summed E-state index contributed by atoms with van der Waals surface area (Å²) in [6.45, 7) is -0.220. The van der Waals surface area contributed by atoms with E-state index >= 15 is 0 Å². The molecule has 13 heavy (non-hydrogen) atoms. The molecule has 1 aliphatic rings. The maximum Gasteiger partial charge on any atom is 0.405 e. The first-order chi connectivity index (χ1) is 6.13. The summed E-state index contributed by atoms with van der Waals surface area (Å²) in [5, 5.41) is 19.0. The van der Waals surface area contributed by atoms with Crippen molar-refractivity contribution in [3.63, 3.8) is 0 Å². The number of carbonyl (C=O) groups excluding carboxylic acids is 1. The monoisotopic (exact) mass is 189 g/mol. The molecule has 0 aromatic carbocycles. The zero-order chi connectivity index (χ0) is 9.84. The zero-order valence-electron chi connectivity index (χ0n) is 6.90. The number of Topliss-reactive ketones (excluding diaryl/α,β-unsaturated/α-hetero) is 1. The van der Waals surface area contributed by atoms with Crippen LogP contribution in [0.5, 0.6) is 0 Å². The second-order valence-corrected chi connectivity index (χ2v) is 2.81. The first kappa shape index (κ1) is 9.94. The topological polar surface area (TPSA) is 95.9 Å². The number of nitrogens with one attached hydrogen (secondary N) is 1. The fourth-order valence-electron chi connectivity index (χ4n) is 1.14. The van der Waals surface area contributed by atoms with Gasteiger partial charge in [0.25, 0.3) is 0 Å². The molecule has 0 aromatic heterocycles. The summed E-state index contributed by atoms with van der Waals surface area (Å²) in [6.07, 6.45) is -1.68. The van der Waals surface area contributed by atoms with Gasteiger partial charge < -0.3 is 20.3 Å². The molecule has 0 aliphatic carbocycles. The van der Waals surface area contributed by atoms with Crippen molar-refractivity contribution in [1.82, 2.24) is 5.32 Å². The molecule has 74 valence electrons. The number of aliphatic hydroxyl groups is 1. The van der Waals surface area contributed by atoms with Crippen molar-refractivity contribution in [1.29, 1.82) is 0 Å². The van der Waals surface area contributed by atoms with Gasteiger partial charge in [0.05, 0.1) is 19.3 Å². The van der Waals surface area contributed by atoms with E-state index in [0.29, 0.717) is 0 Å². The highest BCUT2D eigenvalue weighted by molar-refractivity contribution is 5.88. The van der Waals surface area contributed by atoms with Gasteiger partial charge >= 0.3 is 6.09 Å². The fourth-order valence-corrected chi connectivity index (χ4v) is 1.14. The second kappa shape index (κ2) is 4.20. The van der Waals surface area contributed by atoms with Gasteiger partial charge in [-0.15, -0.1) is 0 Å². The highest BCUT2D eigenvalue weighted by Gasteiger charge is 2.29. The predicted molar refractivity (Wildman–Crippen MR) is 41.4 cm³/mol. The number of aliphatic hydroxyl groups excluding tert-OH is 1. The third kappa shape index (κ3) is 2.67. The maximum atomic E-state index is 11.2. The van der Waals surface area contributed by atoms with E-state index in [9.17, 15) is 9.59 Å². The van der Waals surface area contributed by atoms with Gasteiger partial charge in [0.2, 0.25) is 0 Å². The van der Waals surface area contributed by atoms with Crippen LogP contribution in [-0.4, -0.2) is 47.4 Å². The molecule has 6 heteroatoms. The van der Waals surface area contributed by atoms with Gasteiger partial charge in [-0.2, -0.15) is 0 Å². The molecule has 1 rings (SSSR count). The minimum absolute atomic E-state index is 0.00361. The summed E-state index contributed by atoms with van der Waals surface area (Å²) in [4.78, 5) is 21.4. The van der Waals surface area contributed by atoms with Crippen molar-refractivity contribution >= 4 is 11.9 Å². The molecule has 1 amide bonds. The highest BCUT2D eigenvalue weighted by atomic mass is 16.5. The molecule has 0 saturated carbocycles. The smallest absolute Gasteiger partial charge is 0.405 e. The van der Waals surface area contributed by atoms with E-state index < -0.39 is 18.2 Å². The Labute approximate surface area is 74.5 Å². The number of hydrogen-bond donors (Lipinski definition) is 3. The van der Waals surface area contributed by atoms with Crippen LogP contribution in [-0.2, 0) is 9.53 Å². The molecule has 0 unspecified atom stereocenters. The van der Waals surface area contributed by atoms with E-state index in [1.165, 1.54) is 0 Å². The molecular weight excluding hydrogens is 178 g/mol. The van der Waals surface area contributed by atoms with Crippen LogP contribution in [0.4, 0.5) is 4.79 Å². The molecule has 3 N–H and O–H groups in total. The Morgan fingerprint density at radius 1 is 1.69 bits per heavy atom. The first-order valence-corrected chi connectivity index (χ1v) is 3.88. The van der Waals surface area contributed by atoms with Crippen LogP contribution in [0.25, 0.3) is 0 Å². The third-order valence-corrected chi connectivity index (χ3v) is 1.82. The summed E-state index contributed by atoms with van der Waals surface area (Å²) in [7, 11) is 0. The zero-order valence-corrected chi connectivity index (χ0v) is 6.90. The Hall–Kier alpha value is -1.14. The summed E-state index contributed by atoms with van der Waals surface area (Å²) < 4.78 is 5.01. The normalized spacial score (nSPS) is 28.5. The van der Waals surface area contributed by atoms with Gasteiger partial charge in [-0.3, -0.25) is 4.79 Å². The van der Waals surface area contributed by atoms with Crippen molar-refractivity contribution < 1.29 is 24.5 Å². The molecule has 0 bridgehead atoms. The summed E-state index contributed by atoms with van der Waals surface area (Å²) in [5.74, 6) is -0.243. The van der Waals surface area contributed by atoms with Crippen molar-refractivity contribution in [2.75, 3.05) is 13.2 Å². The van der Waals surface area contributed by atoms with Crippen LogP contribution in [0.2, 0.25) is 0 Å². The average molecular weight is 189 g/mol. The SMILES string of the molecule is O=C(O)N[C@H]1CO[C@H](CO)CC1=O. The minimum atomic E-state index is -1.25. The molecule has 0 spiro atoms. The number of ether oxygens (including phenoxy) is 1. The Balaban J connectivity index is 2.44. The number of carboxylic acid groups (broad SMARTS) is 1. The van der Waals surface area contributed by atoms with Gasteiger partial charge in [0, 0.05) is 6.42 Å².